The fourth-order valence-electron chi connectivity index (χ4n) is 3.53. The Hall–Kier alpha value is -3.92. The van der Waals surface area contributed by atoms with Crippen LogP contribution in [0.5, 0.6) is 0 Å². The van der Waals surface area contributed by atoms with E-state index in [0.29, 0.717) is 32.4 Å². The van der Waals surface area contributed by atoms with Crippen LogP contribution in [0.25, 0.3) is 0 Å². The summed E-state index contributed by atoms with van der Waals surface area (Å²) in [7, 11) is 0. The molecule has 3 N–H and O–H groups in total. The molecule has 0 spiro atoms. The van der Waals surface area contributed by atoms with Crippen LogP contribution in [0, 0.1) is 11.8 Å². The van der Waals surface area contributed by atoms with Gasteiger partial charge in [-0.25, -0.2) is 10.2 Å². The summed E-state index contributed by atoms with van der Waals surface area (Å²) in [5.41, 5.74) is 7.18. The monoisotopic (exact) mass is 470 g/mol. The molecule has 0 fully saturated rings. The summed E-state index contributed by atoms with van der Waals surface area (Å²) in [4.78, 5) is 22.9. The number of carboxylic acids is 1. The second kappa shape index (κ2) is 13.1. The molecule has 3 aromatic rings. The molecule has 180 valence electrons. The Labute approximate surface area is 206 Å². The first-order valence-corrected chi connectivity index (χ1v) is 11.6. The zero-order valence-corrected chi connectivity index (χ0v) is 19.8. The standard InChI is InChI=1S/C29H30N2O4/c1-22(32)31(20-18-25-13-15-27(16-14-25)29(34)35)30-19-17-28(33)21-26-11-9-24(10-12-26)8-7-23-5-3-2-4-6-23/h2-6,9-16,28,30,33H,17-21H2,1H3,(H,34,35). The van der Waals surface area contributed by atoms with Crippen LogP contribution in [-0.2, 0) is 17.6 Å². The van der Waals surface area contributed by atoms with Crippen LogP contribution in [-0.4, -0.2) is 46.3 Å². The van der Waals surface area contributed by atoms with Crippen molar-refractivity contribution in [1.82, 2.24) is 10.4 Å². The molecular weight excluding hydrogens is 440 g/mol. The predicted octanol–water partition coefficient (Wildman–Crippen LogP) is 3.67. The summed E-state index contributed by atoms with van der Waals surface area (Å²) in [6.45, 7) is 2.39. The predicted molar refractivity (Wildman–Crippen MR) is 136 cm³/mol. The van der Waals surface area contributed by atoms with Crippen molar-refractivity contribution in [3.8, 4) is 11.8 Å². The number of rotatable bonds is 10. The third-order valence-electron chi connectivity index (χ3n) is 5.54. The van der Waals surface area contributed by atoms with E-state index in [2.05, 4.69) is 17.3 Å². The molecule has 0 saturated heterocycles. The summed E-state index contributed by atoms with van der Waals surface area (Å²) >= 11 is 0. The molecule has 1 atom stereocenters. The average molecular weight is 471 g/mol. The van der Waals surface area contributed by atoms with E-state index >= 15 is 0 Å². The molecule has 0 heterocycles. The highest BCUT2D eigenvalue weighted by Crippen LogP contribution is 2.09. The highest BCUT2D eigenvalue weighted by atomic mass is 16.4. The molecule has 3 aromatic carbocycles. The maximum Gasteiger partial charge on any atom is 0.335 e. The number of nitrogens with one attached hydrogen (secondary N) is 1. The molecule has 0 bridgehead atoms. The number of aliphatic hydroxyl groups is 1. The van der Waals surface area contributed by atoms with E-state index in [9.17, 15) is 14.7 Å². The van der Waals surface area contributed by atoms with E-state index in [1.165, 1.54) is 11.9 Å². The maximum absolute atomic E-state index is 12.0. The van der Waals surface area contributed by atoms with Crippen LogP contribution in [0.1, 0.15) is 46.0 Å². The minimum absolute atomic E-state index is 0.117. The first kappa shape index (κ1) is 25.7. The zero-order chi connectivity index (χ0) is 25.0. The number of nitrogens with zero attached hydrogens (tertiary/aromatic N) is 1. The summed E-state index contributed by atoms with van der Waals surface area (Å²) in [5, 5.41) is 20.9. The lowest BCUT2D eigenvalue weighted by atomic mass is 10.0. The SMILES string of the molecule is CC(=O)N(CCc1ccc(C(=O)O)cc1)NCCC(O)Cc1ccc(C#Cc2ccccc2)cc1. The molecule has 6 nitrogen and oxygen atoms in total. The van der Waals surface area contributed by atoms with Gasteiger partial charge in [0.2, 0.25) is 5.91 Å². The van der Waals surface area contributed by atoms with Gasteiger partial charge in [0, 0.05) is 31.1 Å². The summed E-state index contributed by atoms with van der Waals surface area (Å²) in [5.74, 6) is 5.20. The summed E-state index contributed by atoms with van der Waals surface area (Å²) < 4.78 is 0. The molecule has 0 radical (unpaired) electrons. The van der Waals surface area contributed by atoms with E-state index in [1.807, 2.05) is 54.6 Å². The van der Waals surface area contributed by atoms with E-state index in [-0.39, 0.29) is 11.5 Å². The van der Waals surface area contributed by atoms with Crippen LogP contribution in [0.4, 0.5) is 0 Å². The number of aliphatic hydroxyl groups excluding tert-OH is 1. The van der Waals surface area contributed by atoms with Crippen molar-refractivity contribution < 1.29 is 19.8 Å². The number of carbonyl (C=O) groups is 2. The fraction of sp³-hybridized carbons (Fsp3) is 0.241. The Balaban J connectivity index is 1.42. The van der Waals surface area contributed by atoms with Crippen molar-refractivity contribution in [1.29, 1.82) is 0 Å². The van der Waals surface area contributed by atoms with Crippen LogP contribution in [0.3, 0.4) is 0 Å². The zero-order valence-electron chi connectivity index (χ0n) is 19.8. The number of amides is 1. The topological polar surface area (TPSA) is 89.9 Å². The molecule has 3 rings (SSSR count). The van der Waals surface area contributed by atoms with E-state index < -0.39 is 12.1 Å². The first-order valence-electron chi connectivity index (χ1n) is 11.6. The van der Waals surface area contributed by atoms with Gasteiger partial charge in [-0.15, -0.1) is 0 Å². The van der Waals surface area contributed by atoms with Crippen LogP contribution in [0.2, 0.25) is 0 Å². The minimum atomic E-state index is -0.963. The van der Waals surface area contributed by atoms with Gasteiger partial charge < -0.3 is 10.2 Å². The highest BCUT2D eigenvalue weighted by Gasteiger charge is 2.11. The molecule has 1 unspecified atom stereocenters. The second-order valence-electron chi connectivity index (χ2n) is 8.29. The molecule has 6 heteroatoms. The second-order valence-corrected chi connectivity index (χ2v) is 8.29. The van der Waals surface area contributed by atoms with Gasteiger partial charge >= 0.3 is 5.97 Å². The van der Waals surface area contributed by atoms with Gasteiger partial charge in [-0.3, -0.25) is 9.80 Å². The quantitative estimate of drug-likeness (QED) is 0.311. The Morgan fingerprint density at radius 1 is 0.886 bits per heavy atom. The number of hydrazine groups is 1. The van der Waals surface area contributed by atoms with Crippen molar-refractivity contribution in [2.75, 3.05) is 13.1 Å². The summed E-state index contributed by atoms with van der Waals surface area (Å²) in [6, 6.07) is 24.3. The number of carboxylic acid groups (broad SMARTS) is 1. The van der Waals surface area contributed by atoms with Gasteiger partial charge in [-0.2, -0.15) is 0 Å². The van der Waals surface area contributed by atoms with Gasteiger partial charge in [-0.05, 0) is 66.8 Å². The molecule has 35 heavy (non-hydrogen) atoms. The minimum Gasteiger partial charge on any atom is -0.478 e. The molecule has 0 aliphatic heterocycles. The van der Waals surface area contributed by atoms with Crippen molar-refractivity contribution in [3.05, 3.63) is 107 Å². The van der Waals surface area contributed by atoms with Gasteiger partial charge in [-0.1, -0.05) is 54.3 Å². The normalized spacial score (nSPS) is 11.3. The lowest BCUT2D eigenvalue weighted by Crippen LogP contribution is -2.44. The largest absolute Gasteiger partial charge is 0.478 e. The van der Waals surface area contributed by atoms with E-state index in [4.69, 9.17) is 5.11 Å². The molecule has 0 aromatic heterocycles. The van der Waals surface area contributed by atoms with Gasteiger partial charge in [0.05, 0.1) is 11.7 Å². The third kappa shape index (κ3) is 8.74. The number of hydrogen-bond acceptors (Lipinski definition) is 4. The number of aromatic carboxylic acids is 1. The number of hydrogen-bond donors (Lipinski definition) is 3. The van der Waals surface area contributed by atoms with Crippen LogP contribution in [0.15, 0.2) is 78.9 Å². The fourth-order valence-corrected chi connectivity index (χ4v) is 3.53. The summed E-state index contributed by atoms with van der Waals surface area (Å²) in [6.07, 6.45) is 1.06. The Bertz CT molecular complexity index is 1160. The Morgan fingerprint density at radius 3 is 2.09 bits per heavy atom. The van der Waals surface area contributed by atoms with Gasteiger partial charge in [0.15, 0.2) is 0 Å². The smallest absolute Gasteiger partial charge is 0.335 e. The third-order valence-corrected chi connectivity index (χ3v) is 5.54. The number of benzene rings is 3. The first-order chi connectivity index (χ1) is 16.9. The van der Waals surface area contributed by atoms with Crippen LogP contribution < -0.4 is 5.43 Å². The average Bonchev–Trinajstić information content (AvgIpc) is 2.86. The molecule has 0 aliphatic rings. The van der Waals surface area contributed by atoms with E-state index in [0.717, 1.165) is 22.3 Å². The molecular formula is C29H30N2O4. The highest BCUT2D eigenvalue weighted by molar-refractivity contribution is 5.87. The lowest BCUT2D eigenvalue weighted by Gasteiger charge is -2.23. The van der Waals surface area contributed by atoms with Crippen molar-refractivity contribution in [3.63, 3.8) is 0 Å². The van der Waals surface area contributed by atoms with Crippen molar-refractivity contribution >= 4 is 11.9 Å². The van der Waals surface area contributed by atoms with Crippen molar-refractivity contribution in [2.24, 2.45) is 0 Å². The van der Waals surface area contributed by atoms with Gasteiger partial charge in [0.25, 0.3) is 0 Å². The van der Waals surface area contributed by atoms with Crippen LogP contribution >= 0.6 is 0 Å². The number of carbonyl (C=O) groups excluding carboxylic acids is 1. The molecule has 0 aliphatic carbocycles. The van der Waals surface area contributed by atoms with E-state index in [1.54, 1.807) is 24.3 Å². The maximum atomic E-state index is 12.0. The lowest BCUT2D eigenvalue weighted by molar-refractivity contribution is -0.132. The molecule has 1 amide bonds. The molecule has 0 saturated carbocycles. The Morgan fingerprint density at radius 2 is 1.49 bits per heavy atom. The Kier molecular flexibility index (Phi) is 9.61. The van der Waals surface area contributed by atoms with Gasteiger partial charge in [0.1, 0.15) is 0 Å². The van der Waals surface area contributed by atoms with Crippen molar-refractivity contribution in [2.45, 2.75) is 32.3 Å².